The summed E-state index contributed by atoms with van der Waals surface area (Å²) in [5.41, 5.74) is 1.15. The quantitative estimate of drug-likeness (QED) is 0.772. The number of hydrogen-bond acceptors (Lipinski definition) is 4. The van der Waals surface area contributed by atoms with Gasteiger partial charge < -0.3 is 4.74 Å². The number of carbonyl (C=O) groups excluding carboxylic acids is 2. The van der Waals surface area contributed by atoms with E-state index in [2.05, 4.69) is 0 Å². The number of nitriles is 1. The van der Waals surface area contributed by atoms with Crippen molar-refractivity contribution in [2.45, 2.75) is 25.8 Å². The van der Waals surface area contributed by atoms with Gasteiger partial charge >= 0.3 is 0 Å². The van der Waals surface area contributed by atoms with E-state index in [1.807, 2.05) is 6.07 Å². The molecule has 0 saturated carbocycles. The van der Waals surface area contributed by atoms with Crippen molar-refractivity contribution in [2.75, 3.05) is 7.11 Å². The summed E-state index contributed by atoms with van der Waals surface area (Å²) >= 11 is 0. The van der Waals surface area contributed by atoms with Gasteiger partial charge in [-0.2, -0.15) is 5.26 Å². The van der Waals surface area contributed by atoms with Gasteiger partial charge in [-0.25, -0.2) is 0 Å². The van der Waals surface area contributed by atoms with Crippen molar-refractivity contribution in [3.63, 3.8) is 0 Å². The van der Waals surface area contributed by atoms with Crippen LogP contribution in [0.1, 0.15) is 30.4 Å². The lowest BCUT2D eigenvalue weighted by molar-refractivity contribution is -0.148. The van der Waals surface area contributed by atoms with Crippen LogP contribution < -0.4 is 4.74 Å². The molecule has 0 unspecified atom stereocenters. The Morgan fingerprint density at radius 1 is 1.32 bits per heavy atom. The van der Waals surface area contributed by atoms with Gasteiger partial charge in [0, 0.05) is 12.8 Å². The molecule has 1 aliphatic heterocycles. The lowest BCUT2D eigenvalue weighted by Crippen LogP contribution is -2.39. The van der Waals surface area contributed by atoms with E-state index >= 15 is 0 Å². The fourth-order valence-electron chi connectivity index (χ4n) is 2.10. The Bertz CT molecular complexity index is 544. The van der Waals surface area contributed by atoms with Crippen molar-refractivity contribution in [3.8, 4) is 11.8 Å². The highest BCUT2D eigenvalue weighted by molar-refractivity contribution is 5.97. The number of hydrogen-bond donors (Lipinski definition) is 0. The molecule has 1 aromatic carbocycles. The zero-order valence-corrected chi connectivity index (χ0v) is 10.7. The summed E-state index contributed by atoms with van der Waals surface area (Å²) in [5.74, 6) is 0.193. The Morgan fingerprint density at radius 2 is 2.00 bits per heavy atom. The molecule has 0 spiro atoms. The average Bonchev–Trinajstić information content (AvgIpc) is 2.42. The van der Waals surface area contributed by atoms with Crippen LogP contribution in [0.5, 0.6) is 5.75 Å². The topological polar surface area (TPSA) is 70.4 Å². The second-order valence-electron chi connectivity index (χ2n) is 4.37. The van der Waals surface area contributed by atoms with Crippen molar-refractivity contribution in [3.05, 3.63) is 29.3 Å². The molecule has 0 bridgehead atoms. The maximum atomic E-state index is 11.7. The lowest BCUT2D eigenvalue weighted by atomic mass is 10.1. The van der Waals surface area contributed by atoms with Gasteiger partial charge in [0.15, 0.2) is 0 Å². The number of likely N-dealkylation sites (tertiary alicyclic amines) is 1. The molecule has 0 aliphatic carbocycles. The Balaban J connectivity index is 2.21. The fraction of sp³-hybridized carbons (Fsp3) is 0.357. The summed E-state index contributed by atoms with van der Waals surface area (Å²) in [7, 11) is 1.49. The molecule has 0 N–H and O–H groups in total. The first-order chi connectivity index (χ1) is 9.15. The highest BCUT2D eigenvalue weighted by Crippen LogP contribution is 2.21. The van der Waals surface area contributed by atoms with Crippen LogP contribution in [0.4, 0.5) is 0 Å². The zero-order chi connectivity index (χ0) is 13.8. The van der Waals surface area contributed by atoms with Crippen molar-refractivity contribution < 1.29 is 14.3 Å². The normalized spacial score (nSPS) is 15.3. The highest BCUT2D eigenvalue weighted by atomic mass is 16.5. The van der Waals surface area contributed by atoms with Crippen LogP contribution in [0.15, 0.2) is 18.2 Å². The molecule has 1 saturated heterocycles. The second-order valence-corrected chi connectivity index (χ2v) is 4.37. The second kappa shape index (κ2) is 5.53. The van der Waals surface area contributed by atoms with Gasteiger partial charge in [-0.05, 0) is 24.1 Å². The number of rotatable bonds is 3. The van der Waals surface area contributed by atoms with Crippen LogP contribution in [0.25, 0.3) is 0 Å². The molecule has 2 amide bonds. The maximum Gasteiger partial charge on any atom is 0.229 e. The van der Waals surface area contributed by atoms with Gasteiger partial charge in [-0.1, -0.05) is 6.07 Å². The highest BCUT2D eigenvalue weighted by Gasteiger charge is 2.25. The van der Waals surface area contributed by atoms with Gasteiger partial charge in [0.1, 0.15) is 11.8 Å². The van der Waals surface area contributed by atoms with Gasteiger partial charge in [0.05, 0.1) is 19.2 Å². The predicted molar refractivity (Wildman–Crippen MR) is 67.1 cm³/mol. The lowest BCUT2D eigenvalue weighted by Gasteiger charge is -2.25. The first-order valence-corrected chi connectivity index (χ1v) is 6.06. The first kappa shape index (κ1) is 13.1. The molecule has 98 valence electrons. The van der Waals surface area contributed by atoms with Crippen LogP contribution in [-0.2, 0) is 16.1 Å². The molecule has 5 heteroatoms. The molecule has 5 nitrogen and oxygen atoms in total. The summed E-state index contributed by atoms with van der Waals surface area (Å²) < 4.78 is 5.05. The Hall–Kier alpha value is -2.35. The van der Waals surface area contributed by atoms with Crippen molar-refractivity contribution in [2.24, 2.45) is 0 Å². The number of amides is 2. The van der Waals surface area contributed by atoms with Crippen molar-refractivity contribution in [1.82, 2.24) is 4.90 Å². The minimum absolute atomic E-state index is 0.148. The smallest absolute Gasteiger partial charge is 0.229 e. The molecular formula is C14H14N2O3. The summed E-state index contributed by atoms with van der Waals surface area (Å²) in [4.78, 5) is 24.7. The SMILES string of the molecule is COc1ccc(CN2C(=O)CCCC2=O)cc1C#N. The van der Waals surface area contributed by atoms with Crippen LogP contribution in [0.3, 0.4) is 0 Å². The fourth-order valence-corrected chi connectivity index (χ4v) is 2.10. The number of carbonyl (C=O) groups is 2. The van der Waals surface area contributed by atoms with Gasteiger partial charge in [0.2, 0.25) is 11.8 Å². The van der Waals surface area contributed by atoms with E-state index in [1.165, 1.54) is 12.0 Å². The van der Waals surface area contributed by atoms with Crippen LogP contribution in [0, 0.1) is 11.3 Å². The third-order valence-electron chi connectivity index (χ3n) is 3.11. The van der Waals surface area contributed by atoms with Crippen molar-refractivity contribution in [1.29, 1.82) is 5.26 Å². The maximum absolute atomic E-state index is 11.7. The van der Waals surface area contributed by atoms with Gasteiger partial charge in [-0.15, -0.1) is 0 Å². The average molecular weight is 258 g/mol. The standard InChI is InChI=1S/C14H14N2O3/c1-19-12-6-5-10(7-11(12)8-15)9-16-13(17)3-2-4-14(16)18/h5-7H,2-4,9H2,1H3. The monoisotopic (exact) mass is 258 g/mol. The summed E-state index contributed by atoms with van der Waals surface area (Å²) in [6.45, 7) is 0.219. The van der Waals surface area contributed by atoms with Gasteiger partial charge in [-0.3, -0.25) is 14.5 Å². The minimum Gasteiger partial charge on any atom is -0.495 e. The minimum atomic E-state index is -0.148. The number of imide groups is 1. The molecule has 0 atom stereocenters. The largest absolute Gasteiger partial charge is 0.495 e. The number of piperidine rings is 1. The molecule has 2 rings (SSSR count). The van der Waals surface area contributed by atoms with E-state index in [1.54, 1.807) is 18.2 Å². The van der Waals surface area contributed by atoms with E-state index in [0.717, 1.165) is 5.56 Å². The molecule has 1 heterocycles. The molecule has 1 aliphatic rings. The number of benzene rings is 1. The molecule has 1 fully saturated rings. The third kappa shape index (κ3) is 2.74. The first-order valence-electron chi connectivity index (χ1n) is 6.06. The molecule has 0 aromatic heterocycles. The predicted octanol–water partition coefficient (Wildman–Crippen LogP) is 1.61. The number of nitrogens with zero attached hydrogens (tertiary/aromatic N) is 2. The van der Waals surface area contributed by atoms with E-state index in [4.69, 9.17) is 10.00 Å². The van der Waals surface area contributed by atoms with Crippen LogP contribution in [0.2, 0.25) is 0 Å². The van der Waals surface area contributed by atoms with E-state index in [9.17, 15) is 9.59 Å². The molecule has 0 radical (unpaired) electrons. The molecule has 19 heavy (non-hydrogen) atoms. The number of ether oxygens (including phenoxy) is 1. The Morgan fingerprint density at radius 3 is 2.58 bits per heavy atom. The summed E-state index contributed by atoms with van der Waals surface area (Å²) in [6.07, 6.45) is 1.44. The Kier molecular flexibility index (Phi) is 3.81. The van der Waals surface area contributed by atoms with Gasteiger partial charge in [0.25, 0.3) is 0 Å². The summed E-state index contributed by atoms with van der Waals surface area (Å²) in [6, 6.07) is 7.11. The van der Waals surface area contributed by atoms with Crippen molar-refractivity contribution >= 4 is 11.8 Å². The number of methoxy groups -OCH3 is 1. The van der Waals surface area contributed by atoms with E-state index in [-0.39, 0.29) is 18.4 Å². The van der Waals surface area contributed by atoms with Crippen LogP contribution >= 0.6 is 0 Å². The third-order valence-corrected chi connectivity index (χ3v) is 3.11. The Labute approximate surface area is 111 Å². The van der Waals surface area contributed by atoms with E-state index < -0.39 is 0 Å². The van der Waals surface area contributed by atoms with Crippen LogP contribution in [-0.4, -0.2) is 23.8 Å². The zero-order valence-electron chi connectivity index (χ0n) is 10.7. The summed E-state index contributed by atoms with van der Waals surface area (Å²) in [5, 5.41) is 9.01. The van der Waals surface area contributed by atoms with E-state index in [0.29, 0.717) is 30.6 Å². The molecule has 1 aromatic rings. The molecular weight excluding hydrogens is 244 g/mol.